The van der Waals surface area contributed by atoms with Gasteiger partial charge >= 0.3 is 0 Å². The molecule has 108 valence electrons. The second kappa shape index (κ2) is 6.90. The van der Waals surface area contributed by atoms with E-state index < -0.39 is 0 Å². The summed E-state index contributed by atoms with van der Waals surface area (Å²) in [7, 11) is 0. The molecule has 0 aliphatic rings. The van der Waals surface area contributed by atoms with Crippen molar-refractivity contribution in [1.29, 1.82) is 5.26 Å². The third kappa shape index (κ3) is 4.06. The summed E-state index contributed by atoms with van der Waals surface area (Å²) in [5.74, 6) is -0.0371. The zero-order valence-corrected chi connectivity index (χ0v) is 12.3. The molecule has 1 unspecified atom stereocenters. The first-order chi connectivity index (χ1) is 10.1. The monoisotopic (exact) mass is 283 g/mol. The van der Waals surface area contributed by atoms with Crippen LogP contribution in [0.1, 0.15) is 29.0 Å². The Hall–Kier alpha value is -2.34. The van der Waals surface area contributed by atoms with Crippen molar-refractivity contribution in [1.82, 2.24) is 0 Å². The number of halogens is 1. The van der Waals surface area contributed by atoms with Gasteiger partial charge in [-0.2, -0.15) is 5.26 Å². The average Bonchev–Trinajstić information content (AvgIpc) is 2.47. The molecular weight excluding hydrogens is 265 g/mol. The maximum Gasteiger partial charge on any atom is 0.126 e. The van der Waals surface area contributed by atoms with E-state index in [1.54, 1.807) is 12.1 Å². The van der Waals surface area contributed by atoms with Gasteiger partial charge in [0.2, 0.25) is 0 Å². The van der Waals surface area contributed by atoms with E-state index in [0.29, 0.717) is 18.8 Å². The molecule has 0 aliphatic carbocycles. The molecular formula is C18H18FNO. The van der Waals surface area contributed by atoms with E-state index in [-0.39, 0.29) is 11.7 Å². The second-order valence-corrected chi connectivity index (χ2v) is 5.14. The van der Waals surface area contributed by atoms with Crippen molar-refractivity contribution in [3.8, 4) is 11.8 Å². The summed E-state index contributed by atoms with van der Waals surface area (Å²) in [4.78, 5) is 0. The van der Waals surface area contributed by atoms with Crippen LogP contribution in [0.3, 0.4) is 0 Å². The summed E-state index contributed by atoms with van der Waals surface area (Å²) in [6, 6.07) is 14.5. The largest absolute Gasteiger partial charge is 0.493 e. The highest BCUT2D eigenvalue weighted by Crippen LogP contribution is 2.24. The number of hydrogen-bond donors (Lipinski definition) is 0. The summed E-state index contributed by atoms with van der Waals surface area (Å²) in [5.41, 5.74) is 3.29. The number of nitriles is 1. The molecule has 0 saturated heterocycles. The fourth-order valence-corrected chi connectivity index (χ4v) is 2.28. The summed E-state index contributed by atoms with van der Waals surface area (Å²) in [5, 5.41) is 9.37. The SMILES string of the molecule is Cc1ccc(C)c(C(C#N)CCOc2cccc(F)c2)c1. The maximum atomic E-state index is 13.0. The topological polar surface area (TPSA) is 33.0 Å². The summed E-state index contributed by atoms with van der Waals surface area (Å²) in [6.07, 6.45) is 0.581. The zero-order valence-electron chi connectivity index (χ0n) is 12.3. The molecule has 1 atom stereocenters. The lowest BCUT2D eigenvalue weighted by atomic mass is 9.92. The first-order valence-electron chi connectivity index (χ1n) is 6.95. The van der Waals surface area contributed by atoms with Crippen LogP contribution in [-0.2, 0) is 0 Å². The molecule has 0 radical (unpaired) electrons. The number of aryl methyl sites for hydroxylation is 2. The molecule has 0 spiro atoms. The summed E-state index contributed by atoms with van der Waals surface area (Å²) < 4.78 is 18.6. The fourth-order valence-electron chi connectivity index (χ4n) is 2.28. The van der Waals surface area contributed by atoms with Gasteiger partial charge < -0.3 is 4.74 Å². The second-order valence-electron chi connectivity index (χ2n) is 5.14. The average molecular weight is 283 g/mol. The molecule has 0 heterocycles. The van der Waals surface area contributed by atoms with Gasteiger partial charge in [-0.1, -0.05) is 29.8 Å². The Bertz CT molecular complexity index is 661. The van der Waals surface area contributed by atoms with Crippen molar-refractivity contribution in [3.63, 3.8) is 0 Å². The van der Waals surface area contributed by atoms with Crippen molar-refractivity contribution in [2.75, 3.05) is 6.61 Å². The molecule has 0 fully saturated rings. The van der Waals surface area contributed by atoms with E-state index in [1.807, 2.05) is 32.0 Å². The van der Waals surface area contributed by atoms with Crippen LogP contribution >= 0.6 is 0 Å². The minimum atomic E-state index is -0.320. The van der Waals surface area contributed by atoms with E-state index in [9.17, 15) is 9.65 Å². The van der Waals surface area contributed by atoms with Gasteiger partial charge in [-0.25, -0.2) is 4.39 Å². The Labute approximate surface area is 124 Å². The first kappa shape index (κ1) is 15.1. The quantitative estimate of drug-likeness (QED) is 0.808. The Kier molecular flexibility index (Phi) is 4.94. The van der Waals surface area contributed by atoms with Crippen molar-refractivity contribution in [2.45, 2.75) is 26.2 Å². The maximum absolute atomic E-state index is 13.0. The first-order valence-corrected chi connectivity index (χ1v) is 6.95. The van der Waals surface area contributed by atoms with E-state index in [0.717, 1.165) is 16.7 Å². The highest BCUT2D eigenvalue weighted by Gasteiger charge is 2.13. The van der Waals surface area contributed by atoms with Crippen LogP contribution in [0.2, 0.25) is 0 Å². The van der Waals surface area contributed by atoms with E-state index in [4.69, 9.17) is 4.74 Å². The van der Waals surface area contributed by atoms with E-state index >= 15 is 0 Å². The summed E-state index contributed by atoms with van der Waals surface area (Å²) >= 11 is 0. The minimum Gasteiger partial charge on any atom is -0.493 e. The third-order valence-electron chi connectivity index (χ3n) is 3.44. The molecule has 0 amide bonds. The Balaban J connectivity index is 2.00. The third-order valence-corrected chi connectivity index (χ3v) is 3.44. The van der Waals surface area contributed by atoms with Crippen LogP contribution in [-0.4, -0.2) is 6.61 Å². The Morgan fingerprint density at radius 1 is 1.19 bits per heavy atom. The number of hydrogen-bond acceptors (Lipinski definition) is 2. The number of ether oxygens (including phenoxy) is 1. The molecule has 0 saturated carbocycles. The molecule has 2 rings (SSSR count). The van der Waals surface area contributed by atoms with Gasteiger partial charge in [-0.3, -0.25) is 0 Å². The van der Waals surface area contributed by atoms with Crippen LogP contribution in [0.15, 0.2) is 42.5 Å². The zero-order chi connectivity index (χ0) is 15.2. The number of nitrogens with zero attached hydrogens (tertiary/aromatic N) is 1. The molecule has 0 N–H and O–H groups in total. The van der Waals surface area contributed by atoms with Gasteiger partial charge in [0, 0.05) is 12.5 Å². The lowest BCUT2D eigenvalue weighted by Gasteiger charge is -2.14. The highest BCUT2D eigenvalue weighted by atomic mass is 19.1. The van der Waals surface area contributed by atoms with Gasteiger partial charge in [0.1, 0.15) is 11.6 Å². The normalized spacial score (nSPS) is 11.7. The molecule has 2 aromatic carbocycles. The van der Waals surface area contributed by atoms with Crippen molar-refractivity contribution >= 4 is 0 Å². The molecule has 3 heteroatoms. The van der Waals surface area contributed by atoms with Gasteiger partial charge in [-0.15, -0.1) is 0 Å². The van der Waals surface area contributed by atoms with Gasteiger partial charge in [0.25, 0.3) is 0 Å². The van der Waals surface area contributed by atoms with E-state index in [2.05, 4.69) is 6.07 Å². The van der Waals surface area contributed by atoms with Crippen LogP contribution in [0.25, 0.3) is 0 Å². The van der Waals surface area contributed by atoms with Crippen LogP contribution < -0.4 is 4.74 Å². The van der Waals surface area contributed by atoms with Gasteiger partial charge in [-0.05, 0) is 37.1 Å². The van der Waals surface area contributed by atoms with Crippen molar-refractivity contribution in [3.05, 3.63) is 65.0 Å². The molecule has 2 aromatic rings. The number of benzene rings is 2. The Morgan fingerprint density at radius 2 is 2.00 bits per heavy atom. The molecule has 0 bridgehead atoms. The molecule has 0 aromatic heterocycles. The predicted molar refractivity (Wildman–Crippen MR) is 80.8 cm³/mol. The minimum absolute atomic E-state index is 0.210. The fraction of sp³-hybridized carbons (Fsp3) is 0.278. The smallest absolute Gasteiger partial charge is 0.126 e. The number of rotatable bonds is 5. The van der Waals surface area contributed by atoms with Gasteiger partial charge in [0.05, 0.1) is 18.6 Å². The van der Waals surface area contributed by atoms with Gasteiger partial charge in [0.15, 0.2) is 0 Å². The molecule has 2 nitrogen and oxygen atoms in total. The lowest BCUT2D eigenvalue weighted by Crippen LogP contribution is -2.06. The predicted octanol–water partition coefficient (Wildman–Crippen LogP) is 4.52. The molecule has 0 aliphatic heterocycles. The van der Waals surface area contributed by atoms with Crippen LogP contribution in [0.4, 0.5) is 4.39 Å². The lowest BCUT2D eigenvalue weighted by molar-refractivity contribution is 0.304. The Morgan fingerprint density at radius 3 is 2.71 bits per heavy atom. The van der Waals surface area contributed by atoms with Crippen LogP contribution in [0.5, 0.6) is 5.75 Å². The standard InChI is InChI=1S/C18H18FNO/c1-13-6-7-14(2)18(10-13)15(12-20)8-9-21-17-5-3-4-16(19)11-17/h3-7,10-11,15H,8-9H2,1-2H3. The molecule has 21 heavy (non-hydrogen) atoms. The van der Waals surface area contributed by atoms with Crippen LogP contribution in [0, 0.1) is 31.0 Å². The van der Waals surface area contributed by atoms with E-state index in [1.165, 1.54) is 12.1 Å². The van der Waals surface area contributed by atoms with Crippen molar-refractivity contribution in [2.24, 2.45) is 0 Å². The summed E-state index contributed by atoms with van der Waals surface area (Å²) in [6.45, 7) is 4.40. The van der Waals surface area contributed by atoms with Crippen molar-refractivity contribution < 1.29 is 9.13 Å². The highest BCUT2D eigenvalue weighted by molar-refractivity contribution is 5.36.